The Kier molecular flexibility index (Phi) is 4.63. The molecule has 2 heterocycles. The highest BCUT2D eigenvalue weighted by atomic mass is 32.1. The van der Waals surface area contributed by atoms with E-state index in [4.69, 9.17) is 0 Å². The molecule has 0 fully saturated rings. The van der Waals surface area contributed by atoms with E-state index in [2.05, 4.69) is 16.7 Å². The van der Waals surface area contributed by atoms with Crippen molar-refractivity contribution < 1.29 is 4.79 Å². The average Bonchev–Trinajstić information content (AvgIpc) is 3.19. The molecule has 0 aliphatic rings. The summed E-state index contributed by atoms with van der Waals surface area (Å²) in [5, 5.41) is 2.05. The van der Waals surface area contributed by atoms with Gasteiger partial charge in [0.25, 0.3) is 5.91 Å². The Morgan fingerprint density at radius 2 is 1.91 bits per heavy atom. The first-order valence-electron chi connectivity index (χ1n) is 7.62. The van der Waals surface area contributed by atoms with E-state index in [9.17, 15) is 4.79 Å². The lowest BCUT2D eigenvalue weighted by molar-refractivity contribution is 0.0727. The molecule has 3 rings (SSSR count). The van der Waals surface area contributed by atoms with Gasteiger partial charge in [0.2, 0.25) is 0 Å². The molecule has 0 aliphatic heterocycles. The van der Waals surface area contributed by atoms with Gasteiger partial charge in [0, 0.05) is 29.4 Å². The maximum atomic E-state index is 13.1. The van der Waals surface area contributed by atoms with Crippen LogP contribution in [0.2, 0.25) is 0 Å². The highest BCUT2D eigenvalue weighted by Crippen LogP contribution is 2.19. The largest absolute Gasteiger partial charge is 0.353 e. The third kappa shape index (κ3) is 3.54. The summed E-state index contributed by atoms with van der Waals surface area (Å²) >= 11 is 1.68. The Morgan fingerprint density at radius 1 is 1.09 bits per heavy atom. The van der Waals surface area contributed by atoms with Crippen molar-refractivity contribution in [3.63, 3.8) is 0 Å². The fraction of sp³-hybridized carbons (Fsp3) is 0.211. The number of rotatable bonds is 5. The minimum absolute atomic E-state index is 0.0812. The molecule has 23 heavy (non-hydrogen) atoms. The first-order valence-corrected chi connectivity index (χ1v) is 8.50. The van der Waals surface area contributed by atoms with Crippen LogP contribution < -0.4 is 0 Å². The molecule has 3 nitrogen and oxygen atoms in total. The number of aromatic nitrogens is 1. The van der Waals surface area contributed by atoms with Crippen molar-refractivity contribution >= 4 is 17.2 Å². The number of carbonyl (C=O) groups excluding carboxylic acids is 1. The molecule has 2 aromatic heterocycles. The molecule has 1 amide bonds. The molecular weight excluding hydrogens is 304 g/mol. The monoisotopic (exact) mass is 324 g/mol. The second kappa shape index (κ2) is 6.84. The first-order chi connectivity index (χ1) is 11.1. The summed E-state index contributed by atoms with van der Waals surface area (Å²) in [6, 6.07) is 16.0. The number of benzene rings is 1. The van der Waals surface area contributed by atoms with Gasteiger partial charge in [-0.15, -0.1) is 11.3 Å². The van der Waals surface area contributed by atoms with Gasteiger partial charge < -0.3 is 9.47 Å². The fourth-order valence-electron chi connectivity index (χ4n) is 2.63. The van der Waals surface area contributed by atoms with Crippen molar-refractivity contribution in [2.45, 2.75) is 20.0 Å². The second-order valence-electron chi connectivity index (χ2n) is 5.67. The van der Waals surface area contributed by atoms with Gasteiger partial charge in [-0.3, -0.25) is 4.79 Å². The lowest BCUT2D eigenvalue weighted by Gasteiger charge is -2.23. The third-order valence-electron chi connectivity index (χ3n) is 3.99. The maximum Gasteiger partial charge on any atom is 0.254 e. The standard InChI is InChI=1S/C19H20N2OS/c1-15-7-3-4-10-18(15)19(22)21(14-17-9-6-12-23-17)13-16-8-5-11-20(16)2/h3-12H,13-14H2,1-2H3. The maximum absolute atomic E-state index is 13.1. The Hall–Kier alpha value is -2.33. The molecule has 0 atom stereocenters. The van der Waals surface area contributed by atoms with Crippen LogP contribution in [0.15, 0.2) is 60.1 Å². The Morgan fingerprint density at radius 3 is 2.57 bits per heavy atom. The minimum Gasteiger partial charge on any atom is -0.353 e. The van der Waals surface area contributed by atoms with Crippen molar-refractivity contribution in [1.29, 1.82) is 0 Å². The summed E-state index contributed by atoms with van der Waals surface area (Å²) in [5.74, 6) is 0.0812. The molecule has 118 valence electrons. The molecule has 0 aliphatic carbocycles. The lowest BCUT2D eigenvalue weighted by atomic mass is 10.1. The number of amides is 1. The van der Waals surface area contributed by atoms with Crippen LogP contribution in [0.3, 0.4) is 0 Å². The lowest BCUT2D eigenvalue weighted by Crippen LogP contribution is -2.31. The Bertz CT molecular complexity index is 789. The molecule has 0 bridgehead atoms. The zero-order chi connectivity index (χ0) is 16.2. The van der Waals surface area contributed by atoms with Crippen LogP contribution >= 0.6 is 11.3 Å². The summed E-state index contributed by atoms with van der Waals surface area (Å²) in [6.45, 7) is 3.23. The summed E-state index contributed by atoms with van der Waals surface area (Å²) in [7, 11) is 2.01. The van der Waals surface area contributed by atoms with Crippen molar-refractivity contribution in [2.24, 2.45) is 7.05 Å². The number of hydrogen-bond acceptors (Lipinski definition) is 2. The number of aryl methyl sites for hydroxylation is 2. The van der Waals surface area contributed by atoms with Crippen molar-refractivity contribution in [2.75, 3.05) is 0 Å². The molecule has 0 spiro atoms. The first kappa shape index (κ1) is 15.6. The second-order valence-corrected chi connectivity index (χ2v) is 6.70. The summed E-state index contributed by atoms with van der Waals surface area (Å²) < 4.78 is 2.06. The molecule has 0 saturated heterocycles. The van der Waals surface area contributed by atoms with Crippen molar-refractivity contribution in [3.8, 4) is 0 Å². The van der Waals surface area contributed by atoms with Crippen molar-refractivity contribution in [1.82, 2.24) is 9.47 Å². The van der Waals surface area contributed by atoms with E-state index in [-0.39, 0.29) is 5.91 Å². The predicted octanol–water partition coefficient (Wildman–Crippen LogP) is 4.24. The van der Waals surface area contributed by atoms with Gasteiger partial charge >= 0.3 is 0 Å². The predicted molar refractivity (Wildman–Crippen MR) is 94.5 cm³/mol. The van der Waals surface area contributed by atoms with Crippen LogP contribution in [0.4, 0.5) is 0 Å². The molecule has 0 radical (unpaired) electrons. The van der Waals surface area contributed by atoms with Gasteiger partial charge in [-0.2, -0.15) is 0 Å². The average molecular weight is 324 g/mol. The Balaban J connectivity index is 1.89. The molecule has 0 N–H and O–H groups in total. The van der Waals surface area contributed by atoms with Crippen LogP contribution in [-0.4, -0.2) is 15.4 Å². The highest BCUT2D eigenvalue weighted by Gasteiger charge is 2.19. The molecule has 1 aromatic carbocycles. The molecule has 0 unspecified atom stereocenters. The molecular formula is C19H20N2OS. The zero-order valence-electron chi connectivity index (χ0n) is 13.4. The van der Waals surface area contributed by atoms with Crippen molar-refractivity contribution in [3.05, 3.63) is 81.8 Å². The van der Waals surface area contributed by atoms with E-state index >= 15 is 0 Å². The topological polar surface area (TPSA) is 25.2 Å². The number of nitrogens with zero attached hydrogens (tertiary/aromatic N) is 2. The summed E-state index contributed by atoms with van der Waals surface area (Å²) in [6.07, 6.45) is 2.01. The van der Waals surface area contributed by atoms with Gasteiger partial charge in [-0.25, -0.2) is 0 Å². The van der Waals surface area contributed by atoms with Gasteiger partial charge in [-0.05, 0) is 42.1 Å². The quantitative estimate of drug-likeness (QED) is 0.689. The number of thiophene rings is 1. The SMILES string of the molecule is Cc1ccccc1C(=O)N(Cc1cccs1)Cc1cccn1C. The van der Waals surface area contributed by atoms with Gasteiger partial charge in [0.1, 0.15) is 0 Å². The van der Waals surface area contributed by atoms with Crippen LogP contribution in [0.1, 0.15) is 26.5 Å². The molecule has 0 saturated carbocycles. The van der Waals surface area contributed by atoms with Crippen LogP contribution in [0.5, 0.6) is 0 Å². The Labute approximate surface area is 140 Å². The van der Waals surface area contributed by atoms with E-state index in [0.717, 1.165) is 16.8 Å². The van der Waals surface area contributed by atoms with E-state index in [1.165, 1.54) is 4.88 Å². The van der Waals surface area contributed by atoms with Gasteiger partial charge in [0.05, 0.1) is 13.1 Å². The fourth-order valence-corrected chi connectivity index (χ4v) is 3.35. The van der Waals surface area contributed by atoms with Crippen LogP contribution in [-0.2, 0) is 20.1 Å². The van der Waals surface area contributed by atoms with E-state index in [1.54, 1.807) is 11.3 Å². The van der Waals surface area contributed by atoms with Crippen LogP contribution in [0.25, 0.3) is 0 Å². The van der Waals surface area contributed by atoms with E-state index < -0.39 is 0 Å². The van der Waals surface area contributed by atoms with E-state index in [0.29, 0.717) is 13.1 Å². The van der Waals surface area contributed by atoms with E-state index in [1.807, 2.05) is 66.8 Å². The normalized spacial score (nSPS) is 10.7. The molecule has 3 aromatic rings. The number of carbonyl (C=O) groups is 1. The van der Waals surface area contributed by atoms with Gasteiger partial charge in [0.15, 0.2) is 0 Å². The summed E-state index contributed by atoms with van der Waals surface area (Å²) in [5.41, 5.74) is 2.92. The highest BCUT2D eigenvalue weighted by molar-refractivity contribution is 7.09. The van der Waals surface area contributed by atoms with Gasteiger partial charge in [-0.1, -0.05) is 24.3 Å². The summed E-state index contributed by atoms with van der Waals surface area (Å²) in [4.78, 5) is 16.2. The smallest absolute Gasteiger partial charge is 0.254 e. The molecule has 4 heteroatoms. The minimum atomic E-state index is 0.0812. The third-order valence-corrected chi connectivity index (χ3v) is 4.85. The zero-order valence-corrected chi connectivity index (χ0v) is 14.2. The number of hydrogen-bond donors (Lipinski definition) is 0. The van der Waals surface area contributed by atoms with Crippen LogP contribution in [0, 0.1) is 6.92 Å².